The van der Waals surface area contributed by atoms with Crippen LogP contribution in [0.5, 0.6) is 0 Å². The Balaban J connectivity index is -0.000000266. The third-order valence-corrected chi connectivity index (χ3v) is 1.09. The maximum absolute atomic E-state index is 10.4. The van der Waals surface area contributed by atoms with E-state index in [2.05, 4.69) is 10.1 Å². The SMILES string of the molecule is CC.CC[C@@H](C=O)NC(=O)OC.CF. The van der Waals surface area contributed by atoms with Crippen molar-refractivity contribution in [2.24, 2.45) is 0 Å². The van der Waals surface area contributed by atoms with Crippen LogP contribution >= 0.6 is 0 Å². The molecular weight excluding hydrogens is 189 g/mol. The van der Waals surface area contributed by atoms with Gasteiger partial charge in [-0.25, -0.2) is 4.79 Å². The summed E-state index contributed by atoms with van der Waals surface area (Å²) in [5.41, 5.74) is 0. The van der Waals surface area contributed by atoms with Crippen molar-refractivity contribution in [3.8, 4) is 0 Å². The van der Waals surface area contributed by atoms with Crippen LogP contribution in [0.4, 0.5) is 9.18 Å². The summed E-state index contributed by atoms with van der Waals surface area (Å²) in [5.74, 6) is 0. The van der Waals surface area contributed by atoms with Gasteiger partial charge in [0.1, 0.15) is 6.29 Å². The van der Waals surface area contributed by atoms with Gasteiger partial charge in [-0.05, 0) is 6.42 Å². The van der Waals surface area contributed by atoms with Crippen molar-refractivity contribution in [2.75, 3.05) is 14.3 Å². The molecule has 0 fully saturated rings. The van der Waals surface area contributed by atoms with E-state index in [1.165, 1.54) is 7.11 Å². The van der Waals surface area contributed by atoms with Crippen molar-refractivity contribution in [1.82, 2.24) is 5.32 Å². The second-order valence-electron chi connectivity index (χ2n) is 1.79. The molecule has 14 heavy (non-hydrogen) atoms. The van der Waals surface area contributed by atoms with Crippen molar-refractivity contribution in [3.63, 3.8) is 0 Å². The quantitative estimate of drug-likeness (QED) is 0.722. The van der Waals surface area contributed by atoms with Crippen LogP contribution in [0.15, 0.2) is 0 Å². The lowest BCUT2D eigenvalue weighted by Crippen LogP contribution is -2.35. The zero-order valence-corrected chi connectivity index (χ0v) is 9.46. The van der Waals surface area contributed by atoms with Crippen molar-refractivity contribution in [3.05, 3.63) is 0 Å². The minimum Gasteiger partial charge on any atom is -0.453 e. The Labute approximate surface area is 84.8 Å². The molecule has 0 unspecified atom stereocenters. The highest BCUT2D eigenvalue weighted by Gasteiger charge is 2.06. The normalized spacial score (nSPS) is 9.29. The molecule has 1 N–H and O–H groups in total. The molecule has 0 radical (unpaired) electrons. The van der Waals surface area contributed by atoms with Gasteiger partial charge in [0, 0.05) is 0 Å². The molecule has 0 saturated carbocycles. The number of hydrogen-bond acceptors (Lipinski definition) is 3. The Hall–Kier alpha value is -1.13. The molecule has 1 amide bonds. The Bertz CT molecular complexity index is 131. The Morgan fingerprint density at radius 3 is 2.14 bits per heavy atom. The molecule has 0 aliphatic carbocycles. The monoisotopic (exact) mass is 209 g/mol. The molecule has 0 rings (SSSR count). The molecule has 86 valence electrons. The fraction of sp³-hybridized carbons (Fsp3) is 0.778. The molecule has 0 saturated heterocycles. The lowest BCUT2D eigenvalue weighted by Gasteiger charge is -2.07. The maximum atomic E-state index is 10.4. The standard InChI is InChI=1S/C6H11NO3.C2H6.CH3F/c1-3-5(4-8)7-6(9)10-2;2*1-2/h4-5H,3H2,1-2H3,(H,7,9);1-2H3;1H3/t5-;;/m0../s1. The van der Waals surface area contributed by atoms with Crippen LogP contribution in [0, 0.1) is 0 Å². The number of alkyl carbamates (subject to hydrolysis) is 1. The fourth-order valence-corrected chi connectivity index (χ4v) is 0.443. The van der Waals surface area contributed by atoms with Crippen molar-refractivity contribution in [2.45, 2.75) is 33.2 Å². The lowest BCUT2D eigenvalue weighted by atomic mass is 10.3. The van der Waals surface area contributed by atoms with Gasteiger partial charge in [0.15, 0.2) is 0 Å². The number of aldehydes is 1. The Morgan fingerprint density at radius 1 is 1.50 bits per heavy atom. The number of alkyl halides is 1. The van der Waals surface area contributed by atoms with Crippen LogP contribution in [-0.4, -0.2) is 32.7 Å². The molecule has 0 aromatic carbocycles. The number of carbonyl (C=O) groups excluding carboxylic acids is 2. The number of rotatable bonds is 3. The minimum atomic E-state index is -0.570. The second kappa shape index (κ2) is 17.8. The first-order chi connectivity index (χ1) is 6.74. The highest BCUT2D eigenvalue weighted by Crippen LogP contribution is 1.85. The van der Waals surface area contributed by atoms with Crippen LogP contribution in [-0.2, 0) is 9.53 Å². The smallest absolute Gasteiger partial charge is 0.407 e. The van der Waals surface area contributed by atoms with Gasteiger partial charge in [-0.1, -0.05) is 20.8 Å². The van der Waals surface area contributed by atoms with Gasteiger partial charge in [-0.2, -0.15) is 0 Å². The van der Waals surface area contributed by atoms with E-state index < -0.39 is 12.1 Å². The van der Waals surface area contributed by atoms with Gasteiger partial charge >= 0.3 is 6.09 Å². The van der Waals surface area contributed by atoms with Gasteiger partial charge in [0.2, 0.25) is 0 Å². The Kier molecular flexibility index (Phi) is 23.7. The summed E-state index contributed by atoms with van der Waals surface area (Å²) < 4.78 is 13.8. The maximum Gasteiger partial charge on any atom is 0.407 e. The number of halogens is 1. The zero-order valence-electron chi connectivity index (χ0n) is 9.46. The third kappa shape index (κ3) is 13.5. The van der Waals surface area contributed by atoms with Gasteiger partial charge < -0.3 is 14.8 Å². The molecular formula is C9H20FNO3. The van der Waals surface area contributed by atoms with Gasteiger partial charge in [0.25, 0.3) is 0 Å². The summed E-state index contributed by atoms with van der Waals surface area (Å²) in [4.78, 5) is 20.6. The van der Waals surface area contributed by atoms with Gasteiger partial charge in [-0.3, -0.25) is 4.39 Å². The highest BCUT2D eigenvalue weighted by atomic mass is 19.1. The van der Waals surface area contributed by atoms with Gasteiger partial charge in [-0.15, -0.1) is 0 Å². The van der Waals surface area contributed by atoms with E-state index >= 15 is 0 Å². The summed E-state index contributed by atoms with van der Waals surface area (Å²) in [6.07, 6.45) is 0.689. The summed E-state index contributed by atoms with van der Waals surface area (Å²) in [7, 11) is 1.76. The van der Waals surface area contributed by atoms with Crippen LogP contribution in [0.25, 0.3) is 0 Å². The number of nitrogens with one attached hydrogen (secondary N) is 1. The number of hydrogen-bond donors (Lipinski definition) is 1. The summed E-state index contributed by atoms with van der Waals surface area (Å²) in [6, 6.07) is -0.424. The first-order valence-electron chi connectivity index (χ1n) is 4.42. The first-order valence-corrected chi connectivity index (χ1v) is 4.42. The second-order valence-corrected chi connectivity index (χ2v) is 1.79. The van der Waals surface area contributed by atoms with E-state index in [0.29, 0.717) is 19.9 Å². The molecule has 5 heteroatoms. The minimum absolute atomic E-state index is 0.424. The largest absolute Gasteiger partial charge is 0.453 e. The van der Waals surface area contributed by atoms with E-state index in [1.807, 2.05) is 13.8 Å². The van der Waals surface area contributed by atoms with Gasteiger partial charge in [0.05, 0.1) is 20.3 Å². The van der Waals surface area contributed by atoms with E-state index in [-0.39, 0.29) is 0 Å². The Morgan fingerprint density at radius 2 is 1.93 bits per heavy atom. The average Bonchev–Trinajstić information content (AvgIpc) is 2.30. The van der Waals surface area contributed by atoms with Crippen LogP contribution in [0.3, 0.4) is 0 Å². The van der Waals surface area contributed by atoms with E-state index in [9.17, 15) is 14.0 Å². The van der Waals surface area contributed by atoms with E-state index in [0.717, 1.165) is 0 Å². The van der Waals surface area contributed by atoms with Crippen LogP contribution in [0.2, 0.25) is 0 Å². The molecule has 0 heterocycles. The van der Waals surface area contributed by atoms with Crippen LogP contribution < -0.4 is 5.32 Å². The van der Waals surface area contributed by atoms with Crippen LogP contribution in [0.1, 0.15) is 27.2 Å². The number of methoxy groups -OCH3 is 1. The molecule has 1 atom stereocenters. The summed E-state index contributed by atoms with van der Waals surface area (Å²) >= 11 is 0. The van der Waals surface area contributed by atoms with Crippen molar-refractivity contribution >= 4 is 12.4 Å². The molecule has 4 nitrogen and oxygen atoms in total. The average molecular weight is 209 g/mol. The van der Waals surface area contributed by atoms with E-state index in [1.54, 1.807) is 6.92 Å². The first kappa shape index (κ1) is 18.6. The molecule has 0 spiro atoms. The predicted molar refractivity (Wildman–Crippen MR) is 54.1 cm³/mol. The highest BCUT2D eigenvalue weighted by molar-refractivity contribution is 5.72. The van der Waals surface area contributed by atoms with Crippen molar-refractivity contribution in [1.29, 1.82) is 0 Å². The lowest BCUT2D eigenvalue weighted by molar-refractivity contribution is -0.109. The molecule has 0 aliphatic rings. The molecule has 0 aromatic heterocycles. The predicted octanol–water partition coefficient (Wildman–Crippen LogP) is 1.93. The van der Waals surface area contributed by atoms with Crippen molar-refractivity contribution < 1.29 is 18.7 Å². The van der Waals surface area contributed by atoms with E-state index in [4.69, 9.17) is 0 Å². The molecule has 0 aromatic rings. The molecule has 0 aliphatic heterocycles. The number of ether oxygens (including phenoxy) is 1. The topological polar surface area (TPSA) is 55.4 Å². The molecule has 0 bridgehead atoms. The number of carbonyl (C=O) groups is 2. The third-order valence-electron chi connectivity index (χ3n) is 1.09. The summed E-state index contributed by atoms with van der Waals surface area (Å²) in [6.45, 7) is 5.80. The summed E-state index contributed by atoms with van der Waals surface area (Å²) in [5, 5.41) is 2.34. The zero-order chi connectivity index (χ0) is 12.0. The fourth-order valence-electron chi connectivity index (χ4n) is 0.443. The number of amides is 1.